The maximum Gasteiger partial charge on any atom is 0.223 e. The number of hydrogen-bond acceptors (Lipinski definition) is 4. The van der Waals surface area contributed by atoms with Gasteiger partial charge in [0.15, 0.2) is 0 Å². The van der Waals surface area contributed by atoms with E-state index in [9.17, 15) is 4.79 Å². The molecule has 0 saturated carbocycles. The summed E-state index contributed by atoms with van der Waals surface area (Å²) >= 11 is 6.54. The Balaban J connectivity index is 1.42. The van der Waals surface area contributed by atoms with Crippen LogP contribution >= 0.6 is 11.6 Å². The number of nitrogens with zero attached hydrogens (tertiary/aromatic N) is 2. The average molecular weight is 544 g/mol. The van der Waals surface area contributed by atoms with E-state index in [1.165, 1.54) is 31.5 Å². The highest BCUT2D eigenvalue weighted by molar-refractivity contribution is 6.32. The Kier molecular flexibility index (Phi) is 11.3. The highest BCUT2D eigenvalue weighted by Gasteiger charge is 2.26. The Hall–Kier alpha value is -1.82. The molecule has 5 nitrogen and oxygen atoms in total. The van der Waals surface area contributed by atoms with Crippen molar-refractivity contribution >= 4 is 23.3 Å². The van der Waals surface area contributed by atoms with E-state index >= 15 is 0 Å². The molecule has 0 aromatic heterocycles. The maximum absolute atomic E-state index is 12.8. The molecule has 2 fully saturated rings. The molecule has 1 aromatic rings. The number of aryl methyl sites for hydroxylation is 1. The van der Waals surface area contributed by atoms with Gasteiger partial charge in [-0.25, -0.2) is 0 Å². The lowest BCUT2D eigenvalue weighted by Crippen LogP contribution is -2.42. The molecule has 0 unspecified atom stereocenters. The molecule has 0 radical (unpaired) electrons. The number of rotatable bonds is 10. The molecule has 2 aliphatic heterocycles. The molecule has 2 aliphatic rings. The summed E-state index contributed by atoms with van der Waals surface area (Å²) < 4.78 is 6.41. The fraction of sp³-hybridized carbons (Fsp3) is 0.656. The second-order valence-corrected chi connectivity index (χ2v) is 12.8. The van der Waals surface area contributed by atoms with Crippen LogP contribution in [0.5, 0.6) is 0 Å². The topological polar surface area (TPSA) is 44.8 Å². The van der Waals surface area contributed by atoms with Gasteiger partial charge in [-0.15, -0.1) is 0 Å². The zero-order chi connectivity index (χ0) is 27.9. The molecule has 0 atom stereocenters. The van der Waals surface area contributed by atoms with Gasteiger partial charge in [-0.05, 0) is 128 Å². The van der Waals surface area contributed by atoms with Gasteiger partial charge in [0.2, 0.25) is 5.91 Å². The molecule has 38 heavy (non-hydrogen) atoms. The van der Waals surface area contributed by atoms with Crippen LogP contribution in [0.1, 0.15) is 84.8 Å². The molecule has 3 rings (SSSR count). The Morgan fingerprint density at radius 1 is 1.05 bits per heavy atom. The first kappa shape index (κ1) is 30.7. The van der Waals surface area contributed by atoms with Gasteiger partial charge in [-0.1, -0.05) is 37.6 Å². The summed E-state index contributed by atoms with van der Waals surface area (Å²) in [4.78, 5) is 17.7. The van der Waals surface area contributed by atoms with Crippen molar-refractivity contribution in [3.63, 3.8) is 0 Å². The van der Waals surface area contributed by atoms with E-state index in [1.807, 2.05) is 19.1 Å². The van der Waals surface area contributed by atoms with Gasteiger partial charge >= 0.3 is 0 Å². The SMILES string of the molecule is CC(C)=C(O/C(C)=C(\C)CN1CCC(C(=O)NCCCN2CCC(C)(C)CC2)CC1)c1c(C)cccc1Cl. The van der Waals surface area contributed by atoms with Crippen molar-refractivity contribution in [1.29, 1.82) is 0 Å². The fourth-order valence-electron chi connectivity index (χ4n) is 5.40. The monoisotopic (exact) mass is 543 g/mol. The van der Waals surface area contributed by atoms with Gasteiger partial charge in [0.1, 0.15) is 11.5 Å². The number of nitrogens with one attached hydrogen (secondary N) is 1. The van der Waals surface area contributed by atoms with Gasteiger partial charge < -0.3 is 15.0 Å². The van der Waals surface area contributed by atoms with Gasteiger partial charge in [-0.2, -0.15) is 0 Å². The van der Waals surface area contributed by atoms with Crippen LogP contribution in [0.15, 0.2) is 35.1 Å². The number of carbonyl (C=O) groups excluding carboxylic acids is 1. The average Bonchev–Trinajstić information content (AvgIpc) is 2.86. The molecule has 2 saturated heterocycles. The molecular formula is C32H50ClN3O2. The summed E-state index contributed by atoms with van der Waals surface area (Å²) in [7, 11) is 0. The number of ether oxygens (including phenoxy) is 1. The maximum atomic E-state index is 12.8. The molecule has 212 valence electrons. The smallest absolute Gasteiger partial charge is 0.223 e. The van der Waals surface area contributed by atoms with Gasteiger partial charge in [0.25, 0.3) is 0 Å². The second kappa shape index (κ2) is 14.0. The van der Waals surface area contributed by atoms with Crippen LogP contribution in [0.4, 0.5) is 0 Å². The number of hydrogen-bond donors (Lipinski definition) is 1. The normalized spacial score (nSPS) is 19.6. The van der Waals surface area contributed by atoms with Crippen LogP contribution in [-0.4, -0.2) is 61.5 Å². The van der Waals surface area contributed by atoms with Gasteiger partial charge in [0.05, 0.1) is 5.02 Å². The third-order valence-electron chi connectivity index (χ3n) is 8.34. The summed E-state index contributed by atoms with van der Waals surface area (Å²) in [5.41, 5.74) is 4.87. The van der Waals surface area contributed by atoms with E-state index in [2.05, 4.69) is 62.7 Å². The summed E-state index contributed by atoms with van der Waals surface area (Å²) in [5, 5.41) is 3.92. The number of likely N-dealkylation sites (tertiary alicyclic amines) is 2. The summed E-state index contributed by atoms with van der Waals surface area (Å²) in [5.74, 6) is 2.12. The number of allylic oxidation sites excluding steroid dienone is 2. The minimum Gasteiger partial charge on any atom is -0.461 e. The number of piperidine rings is 2. The molecule has 1 amide bonds. The first-order chi connectivity index (χ1) is 18.0. The summed E-state index contributed by atoms with van der Waals surface area (Å²) in [6.07, 6.45) is 5.41. The number of amides is 1. The van der Waals surface area contributed by atoms with E-state index in [1.54, 1.807) is 0 Å². The van der Waals surface area contributed by atoms with Crippen LogP contribution in [0, 0.1) is 18.3 Å². The van der Waals surface area contributed by atoms with E-state index in [0.29, 0.717) is 10.4 Å². The van der Waals surface area contributed by atoms with Crippen LogP contribution < -0.4 is 5.32 Å². The zero-order valence-corrected chi connectivity index (χ0v) is 25.6. The van der Waals surface area contributed by atoms with Crippen molar-refractivity contribution < 1.29 is 9.53 Å². The summed E-state index contributed by atoms with van der Waals surface area (Å²) in [6, 6.07) is 5.95. The Labute approximate surface area is 236 Å². The molecule has 0 bridgehead atoms. The third kappa shape index (κ3) is 8.86. The second-order valence-electron chi connectivity index (χ2n) is 12.4. The Morgan fingerprint density at radius 2 is 1.71 bits per heavy atom. The van der Waals surface area contributed by atoms with Crippen molar-refractivity contribution in [3.8, 4) is 0 Å². The summed E-state index contributed by atoms with van der Waals surface area (Å²) in [6.45, 7) is 22.1. The van der Waals surface area contributed by atoms with E-state index < -0.39 is 0 Å². The van der Waals surface area contributed by atoms with Crippen molar-refractivity contribution in [2.24, 2.45) is 11.3 Å². The lowest BCUT2D eigenvalue weighted by molar-refractivity contribution is -0.126. The molecule has 0 spiro atoms. The molecule has 6 heteroatoms. The minimum absolute atomic E-state index is 0.129. The van der Waals surface area contributed by atoms with Gasteiger partial charge in [0, 0.05) is 24.6 Å². The quantitative estimate of drug-likeness (QED) is 0.254. The van der Waals surface area contributed by atoms with Gasteiger partial charge in [-0.3, -0.25) is 9.69 Å². The van der Waals surface area contributed by atoms with E-state index in [-0.39, 0.29) is 11.8 Å². The predicted molar refractivity (Wildman–Crippen MR) is 160 cm³/mol. The predicted octanol–water partition coefficient (Wildman–Crippen LogP) is 7.05. The largest absolute Gasteiger partial charge is 0.461 e. The van der Waals surface area contributed by atoms with E-state index in [4.69, 9.17) is 16.3 Å². The minimum atomic E-state index is 0.129. The van der Waals surface area contributed by atoms with Crippen molar-refractivity contribution in [3.05, 3.63) is 51.3 Å². The molecule has 1 aromatic carbocycles. The Morgan fingerprint density at radius 3 is 2.32 bits per heavy atom. The molecular weight excluding hydrogens is 494 g/mol. The molecule has 1 N–H and O–H groups in total. The first-order valence-electron chi connectivity index (χ1n) is 14.5. The first-order valence-corrected chi connectivity index (χ1v) is 14.8. The lowest BCUT2D eigenvalue weighted by Gasteiger charge is -2.37. The van der Waals surface area contributed by atoms with E-state index in [0.717, 1.165) is 80.2 Å². The fourth-order valence-corrected chi connectivity index (χ4v) is 5.71. The number of benzene rings is 1. The van der Waals surface area contributed by atoms with Crippen LogP contribution in [0.2, 0.25) is 5.02 Å². The van der Waals surface area contributed by atoms with Crippen molar-refractivity contribution in [2.45, 2.75) is 80.6 Å². The third-order valence-corrected chi connectivity index (χ3v) is 8.65. The number of halogens is 1. The highest BCUT2D eigenvalue weighted by Crippen LogP contribution is 2.33. The standard InChI is InChI=1S/C32H50ClN3O2/c1-23(2)30(29-24(3)10-8-11-28(29)33)38-26(5)25(4)22-36-18-12-27(13-19-36)31(37)34-16-9-17-35-20-14-32(6,7)15-21-35/h8,10-11,27H,9,12-22H2,1-7H3,(H,34,37)/b26-25+. The highest BCUT2D eigenvalue weighted by atomic mass is 35.5. The van der Waals surface area contributed by atoms with Crippen LogP contribution in [0.25, 0.3) is 5.76 Å². The zero-order valence-electron chi connectivity index (χ0n) is 24.9. The van der Waals surface area contributed by atoms with Crippen molar-refractivity contribution in [1.82, 2.24) is 15.1 Å². The molecule has 0 aliphatic carbocycles. The lowest BCUT2D eigenvalue weighted by atomic mass is 9.83. The van der Waals surface area contributed by atoms with Crippen LogP contribution in [0.3, 0.4) is 0 Å². The Bertz CT molecular complexity index is 987. The van der Waals surface area contributed by atoms with Crippen LogP contribution in [-0.2, 0) is 9.53 Å². The number of carbonyl (C=O) groups is 1. The van der Waals surface area contributed by atoms with Crippen molar-refractivity contribution in [2.75, 3.05) is 45.8 Å². The molecule has 2 heterocycles.